The third kappa shape index (κ3) is 6.85. The number of anilines is 1. The molecule has 7 nitrogen and oxygen atoms in total. The highest BCUT2D eigenvalue weighted by Crippen LogP contribution is 2.20. The molecule has 3 rings (SSSR count). The minimum atomic E-state index is -3.44. The number of piperazine rings is 1. The van der Waals surface area contributed by atoms with E-state index in [2.05, 4.69) is 24.1 Å². The van der Waals surface area contributed by atoms with Crippen LogP contribution in [0.1, 0.15) is 25.3 Å². The first-order valence-electron chi connectivity index (χ1n) is 10.7. The van der Waals surface area contributed by atoms with Crippen molar-refractivity contribution in [3.8, 4) is 5.75 Å². The molecular weight excluding hydrogens is 450 g/mol. The molecule has 0 radical (unpaired) electrons. The van der Waals surface area contributed by atoms with Crippen LogP contribution in [0.3, 0.4) is 0 Å². The molecule has 1 fully saturated rings. The SMILES string of the molecule is CC(C)c1ccc(OCC(=O)NCCS(=O)(=O)N2CCN(c3ccc(Cl)cc3)CC2)cc1. The Bertz CT molecular complexity index is 987. The Kier molecular flexibility index (Phi) is 8.39. The molecule has 0 spiro atoms. The summed E-state index contributed by atoms with van der Waals surface area (Å²) in [5.74, 6) is 0.550. The van der Waals surface area contributed by atoms with Crippen molar-refractivity contribution in [1.29, 1.82) is 0 Å². The second kappa shape index (κ2) is 11.0. The number of benzene rings is 2. The topological polar surface area (TPSA) is 78.9 Å². The second-order valence-corrected chi connectivity index (χ2v) is 10.6. The van der Waals surface area contributed by atoms with Gasteiger partial charge in [-0.1, -0.05) is 37.6 Å². The van der Waals surface area contributed by atoms with Crippen molar-refractivity contribution in [2.75, 3.05) is 50.0 Å². The Morgan fingerprint density at radius 1 is 1.03 bits per heavy atom. The number of nitrogens with one attached hydrogen (secondary N) is 1. The van der Waals surface area contributed by atoms with Crippen LogP contribution >= 0.6 is 11.6 Å². The van der Waals surface area contributed by atoms with Crippen molar-refractivity contribution < 1.29 is 17.9 Å². The minimum absolute atomic E-state index is 0.0498. The van der Waals surface area contributed by atoms with Gasteiger partial charge in [0.2, 0.25) is 10.0 Å². The van der Waals surface area contributed by atoms with Crippen molar-refractivity contribution >= 4 is 33.2 Å². The molecule has 174 valence electrons. The standard InChI is InChI=1S/C23H30ClN3O4S/c1-18(2)19-3-9-22(10-4-19)31-17-23(28)25-11-16-32(29,30)27-14-12-26(13-15-27)21-7-5-20(24)6-8-21/h3-10,18H,11-17H2,1-2H3,(H,25,28). The smallest absolute Gasteiger partial charge is 0.257 e. The van der Waals surface area contributed by atoms with Gasteiger partial charge in [-0.15, -0.1) is 0 Å². The summed E-state index contributed by atoms with van der Waals surface area (Å²) in [5.41, 5.74) is 2.22. The molecular formula is C23H30ClN3O4S. The number of carbonyl (C=O) groups excluding carboxylic acids is 1. The molecule has 1 N–H and O–H groups in total. The van der Waals surface area contributed by atoms with Crippen LogP contribution < -0.4 is 15.0 Å². The van der Waals surface area contributed by atoms with Crippen molar-refractivity contribution in [1.82, 2.24) is 9.62 Å². The summed E-state index contributed by atoms with van der Waals surface area (Å²) < 4.78 is 32.2. The van der Waals surface area contributed by atoms with Crippen LogP contribution in [0.15, 0.2) is 48.5 Å². The average molecular weight is 480 g/mol. The molecule has 9 heteroatoms. The lowest BCUT2D eigenvalue weighted by molar-refractivity contribution is -0.122. The van der Waals surface area contributed by atoms with Crippen LogP contribution in [0.25, 0.3) is 0 Å². The number of amides is 1. The lowest BCUT2D eigenvalue weighted by atomic mass is 10.0. The van der Waals surface area contributed by atoms with Crippen LogP contribution in [0.4, 0.5) is 5.69 Å². The molecule has 2 aromatic carbocycles. The third-order valence-corrected chi connectivity index (χ3v) is 7.55. The van der Waals surface area contributed by atoms with Gasteiger partial charge in [0.1, 0.15) is 5.75 Å². The van der Waals surface area contributed by atoms with E-state index in [9.17, 15) is 13.2 Å². The molecule has 1 amide bonds. The Labute approximate surface area is 195 Å². The van der Waals surface area contributed by atoms with E-state index >= 15 is 0 Å². The van der Waals surface area contributed by atoms with Gasteiger partial charge in [-0.3, -0.25) is 4.79 Å². The van der Waals surface area contributed by atoms with Gasteiger partial charge in [0.25, 0.3) is 5.91 Å². The first kappa shape index (κ1) is 24.4. The summed E-state index contributed by atoms with van der Waals surface area (Å²) in [6.07, 6.45) is 0. The maximum Gasteiger partial charge on any atom is 0.257 e. The van der Waals surface area contributed by atoms with Crippen LogP contribution in [0.5, 0.6) is 5.75 Å². The van der Waals surface area contributed by atoms with Gasteiger partial charge in [0.05, 0.1) is 5.75 Å². The number of halogens is 1. The fourth-order valence-corrected chi connectivity index (χ4v) is 4.94. The fraction of sp³-hybridized carbons (Fsp3) is 0.435. The highest BCUT2D eigenvalue weighted by molar-refractivity contribution is 7.89. The lowest BCUT2D eigenvalue weighted by Gasteiger charge is -2.35. The summed E-state index contributed by atoms with van der Waals surface area (Å²) in [4.78, 5) is 14.2. The van der Waals surface area contributed by atoms with Crippen LogP contribution in [0.2, 0.25) is 5.02 Å². The van der Waals surface area contributed by atoms with E-state index in [-0.39, 0.29) is 24.8 Å². The van der Waals surface area contributed by atoms with Gasteiger partial charge in [-0.05, 0) is 47.9 Å². The third-order valence-electron chi connectivity index (χ3n) is 5.42. The van der Waals surface area contributed by atoms with E-state index in [0.717, 1.165) is 5.69 Å². The first-order valence-corrected chi connectivity index (χ1v) is 12.7. The summed E-state index contributed by atoms with van der Waals surface area (Å²) in [6, 6.07) is 15.1. The van der Waals surface area contributed by atoms with E-state index in [1.807, 2.05) is 48.5 Å². The molecule has 32 heavy (non-hydrogen) atoms. The molecule has 0 aliphatic carbocycles. The van der Waals surface area contributed by atoms with Gasteiger partial charge < -0.3 is 15.0 Å². The van der Waals surface area contributed by atoms with E-state index in [1.54, 1.807) is 0 Å². The number of hydrogen-bond acceptors (Lipinski definition) is 5. The quantitative estimate of drug-likeness (QED) is 0.597. The van der Waals surface area contributed by atoms with Gasteiger partial charge >= 0.3 is 0 Å². The zero-order valence-corrected chi connectivity index (χ0v) is 20.0. The van der Waals surface area contributed by atoms with Crippen molar-refractivity contribution in [2.24, 2.45) is 0 Å². The van der Waals surface area contributed by atoms with Gasteiger partial charge in [-0.25, -0.2) is 8.42 Å². The summed E-state index contributed by atoms with van der Waals surface area (Å²) in [7, 11) is -3.44. The van der Waals surface area contributed by atoms with Gasteiger partial charge in [0, 0.05) is 43.4 Å². The monoisotopic (exact) mass is 479 g/mol. The fourth-order valence-electron chi connectivity index (χ4n) is 3.47. The predicted molar refractivity (Wildman–Crippen MR) is 128 cm³/mol. The van der Waals surface area contributed by atoms with Gasteiger partial charge in [0.15, 0.2) is 6.61 Å². The van der Waals surface area contributed by atoms with E-state index in [1.165, 1.54) is 9.87 Å². The van der Waals surface area contributed by atoms with Crippen molar-refractivity contribution in [3.05, 3.63) is 59.1 Å². The Morgan fingerprint density at radius 3 is 2.25 bits per heavy atom. The Balaban J connectivity index is 1.38. The highest BCUT2D eigenvalue weighted by Gasteiger charge is 2.26. The average Bonchev–Trinajstić information content (AvgIpc) is 2.78. The number of nitrogens with zero attached hydrogens (tertiary/aromatic N) is 2. The predicted octanol–water partition coefficient (Wildman–Crippen LogP) is 3.11. The summed E-state index contributed by atoms with van der Waals surface area (Å²) in [5, 5.41) is 3.30. The molecule has 0 atom stereocenters. The normalized spacial score (nSPS) is 15.1. The Morgan fingerprint density at radius 2 is 1.66 bits per heavy atom. The lowest BCUT2D eigenvalue weighted by Crippen LogP contribution is -2.50. The maximum atomic E-state index is 12.6. The number of ether oxygens (including phenoxy) is 1. The molecule has 1 saturated heterocycles. The van der Waals surface area contributed by atoms with Crippen molar-refractivity contribution in [2.45, 2.75) is 19.8 Å². The molecule has 0 unspecified atom stereocenters. The Hall–Kier alpha value is -2.29. The highest BCUT2D eigenvalue weighted by atomic mass is 35.5. The van der Waals surface area contributed by atoms with Crippen LogP contribution in [0, 0.1) is 0 Å². The minimum Gasteiger partial charge on any atom is -0.484 e. The van der Waals surface area contributed by atoms with E-state index in [4.69, 9.17) is 16.3 Å². The zero-order chi connectivity index (χ0) is 23.1. The zero-order valence-electron chi connectivity index (χ0n) is 18.5. The molecule has 0 saturated carbocycles. The van der Waals surface area contributed by atoms with Crippen molar-refractivity contribution in [3.63, 3.8) is 0 Å². The molecule has 1 heterocycles. The van der Waals surface area contributed by atoms with Gasteiger partial charge in [-0.2, -0.15) is 4.31 Å². The van der Waals surface area contributed by atoms with E-state index in [0.29, 0.717) is 42.9 Å². The molecule has 0 aromatic heterocycles. The van der Waals surface area contributed by atoms with Crippen LogP contribution in [-0.2, 0) is 14.8 Å². The number of rotatable bonds is 9. The first-order chi connectivity index (χ1) is 15.2. The summed E-state index contributed by atoms with van der Waals surface area (Å²) >= 11 is 5.93. The maximum absolute atomic E-state index is 12.6. The van der Waals surface area contributed by atoms with Crippen LogP contribution in [-0.4, -0.2) is 63.7 Å². The number of hydrogen-bond donors (Lipinski definition) is 1. The molecule has 1 aliphatic heterocycles. The number of carbonyl (C=O) groups is 1. The largest absolute Gasteiger partial charge is 0.484 e. The molecule has 1 aliphatic rings. The summed E-state index contributed by atoms with van der Waals surface area (Å²) in [6.45, 7) is 6.15. The molecule has 2 aromatic rings. The van der Waals surface area contributed by atoms with E-state index < -0.39 is 10.0 Å². The second-order valence-electron chi connectivity index (χ2n) is 8.04. The molecule has 0 bridgehead atoms. The number of sulfonamides is 1.